The van der Waals surface area contributed by atoms with Gasteiger partial charge in [0.1, 0.15) is 11.5 Å². The van der Waals surface area contributed by atoms with E-state index in [-0.39, 0.29) is 11.3 Å². The van der Waals surface area contributed by atoms with Gasteiger partial charge < -0.3 is 5.73 Å². The monoisotopic (exact) mass is 198 g/mol. The van der Waals surface area contributed by atoms with Gasteiger partial charge in [0.05, 0.1) is 16.6 Å². The minimum Gasteiger partial charge on any atom is -0.393 e. The summed E-state index contributed by atoms with van der Waals surface area (Å²) in [7, 11) is 0. The van der Waals surface area contributed by atoms with Crippen molar-refractivity contribution in [3.05, 3.63) is 33.6 Å². The molecule has 1 rings (SSSR count). The lowest BCUT2D eigenvalue weighted by Gasteiger charge is -2.02. The number of nitrogens with two attached hydrogens (primary N) is 1. The minimum atomic E-state index is -0.851. The molecular formula is C8H7FN2O3. The molecule has 0 amide bonds. The fourth-order valence-electron chi connectivity index (χ4n) is 1.05. The van der Waals surface area contributed by atoms with Crippen LogP contribution in [0.1, 0.15) is 17.3 Å². The van der Waals surface area contributed by atoms with Crippen LogP contribution in [0.3, 0.4) is 0 Å². The molecule has 0 atom stereocenters. The van der Waals surface area contributed by atoms with E-state index in [2.05, 4.69) is 0 Å². The average Bonchev–Trinajstić information content (AvgIpc) is 2.07. The lowest BCUT2D eigenvalue weighted by molar-refractivity contribution is -0.384. The first-order valence-electron chi connectivity index (χ1n) is 3.68. The van der Waals surface area contributed by atoms with E-state index in [1.165, 1.54) is 0 Å². The number of benzene rings is 1. The summed E-state index contributed by atoms with van der Waals surface area (Å²) in [4.78, 5) is 20.5. The first-order chi connectivity index (χ1) is 6.43. The summed E-state index contributed by atoms with van der Waals surface area (Å²) in [6.45, 7) is 1.16. The van der Waals surface area contributed by atoms with E-state index >= 15 is 0 Å². The van der Waals surface area contributed by atoms with Gasteiger partial charge in [-0.2, -0.15) is 0 Å². The predicted octanol–water partition coefficient (Wildman–Crippen LogP) is 1.52. The van der Waals surface area contributed by atoms with Gasteiger partial charge in [0.2, 0.25) is 0 Å². The highest BCUT2D eigenvalue weighted by Gasteiger charge is 2.19. The fourth-order valence-corrected chi connectivity index (χ4v) is 1.05. The van der Waals surface area contributed by atoms with E-state index in [1.54, 1.807) is 0 Å². The molecule has 14 heavy (non-hydrogen) atoms. The molecule has 0 aliphatic carbocycles. The Kier molecular flexibility index (Phi) is 2.46. The second-order valence-electron chi connectivity index (χ2n) is 2.70. The summed E-state index contributed by atoms with van der Waals surface area (Å²) in [6.07, 6.45) is 0. The molecule has 5 nitrogen and oxygen atoms in total. The topological polar surface area (TPSA) is 86.2 Å². The Hall–Kier alpha value is -1.98. The minimum absolute atomic E-state index is 0.170. The zero-order valence-electron chi connectivity index (χ0n) is 7.28. The Morgan fingerprint density at radius 1 is 1.57 bits per heavy atom. The Balaban J connectivity index is 3.47. The Morgan fingerprint density at radius 3 is 2.57 bits per heavy atom. The number of halogens is 1. The van der Waals surface area contributed by atoms with Crippen LogP contribution in [0, 0.1) is 15.9 Å². The maximum absolute atomic E-state index is 12.8. The summed E-state index contributed by atoms with van der Waals surface area (Å²) in [5.74, 6) is -1.36. The standard InChI is InChI=1S/C8H7FN2O3/c1-4(12)6-2-5(9)3-7(8(6)10)11(13)14/h2-3H,10H2,1H3. The highest BCUT2D eigenvalue weighted by molar-refractivity contribution is 6.00. The van der Waals surface area contributed by atoms with E-state index in [4.69, 9.17) is 5.73 Å². The van der Waals surface area contributed by atoms with E-state index in [0.717, 1.165) is 13.0 Å². The molecule has 0 radical (unpaired) electrons. The molecule has 0 aromatic heterocycles. The molecule has 0 saturated heterocycles. The molecular weight excluding hydrogens is 191 g/mol. The van der Waals surface area contributed by atoms with Crippen molar-refractivity contribution in [1.29, 1.82) is 0 Å². The Labute approximate surface area is 78.5 Å². The Bertz CT molecular complexity index is 382. The molecule has 0 unspecified atom stereocenters. The smallest absolute Gasteiger partial charge is 0.295 e. The number of nitro groups is 1. The third-order valence-electron chi connectivity index (χ3n) is 1.70. The summed E-state index contributed by atoms with van der Waals surface area (Å²) < 4.78 is 12.8. The van der Waals surface area contributed by atoms with Crippen LogP contribution in [-0.2, 0) is 0 Å². The molecule has 0 aliphatic heterocycles. The van der Waals surface area contributed by atoms with Crippen LogP contribution in [0.4, 0.5) is 15.8 Å². The largest absolute Gasteiger partial charge is 0.393 e. The van der Waals surface area contributed by atoms with Crippen molar-refractivity contribution in [2.45, 2.75) is 6.92 Å². The van der Waals surface area contributed by atoms with Gasteiger partial charge in [-0.3, -0.25) is 14.9 Å². The van der Waals surface area contributed by atoms with Crippen molar-refractivity contribution in [1.82, 2.24) is 0 Å². The molecule has 0 fully saturated rings. The van der Waals surface area contributed by atoms with Crippen molar-refractivity contribution >= 4 is 17.2 Å². The lowest BCUT2D eigenvalue weighted by Crippen LogP contribution is -2.04. The molecule has 0 bridgehead atoms. The normalized spacial score (nSPS) is 9.86. The number of carbonyl (C=O) groups excluding carboxylic acids is 1. The number of nitro benzene ring substituents is 1. The van der Waals surface area contributed by atoms with E-state index in [0.29, 0.717) is 6.07 Å². The number of carbonyl (C=O) groups is 1. The summed E-state index contributed by atoms with van der Waals surface area (Å²) >= 11 is 0. The van der Waals surface area contributed by atoms with Crippen molar-refractivity contribution < 1.29 is 14.1 Å². The number of anilines is 1. The van der Waals surface area contributed by atoms with Crippen LogP contribution in [0.2, 0.25) is 0 Å². The number of rotatable bonds is 2. The summed E-state index contributed by atoms with van der Waals surface area (Å²) in [5.41, 5.74) is 4.27. The van der Waals surface area contributed by atoms with Gasteiger partial charge >= 0.3 is 0 Å². The molecule has 0 heterocycles. The van der Waals surface area contributed by atoms with Crippen LogP contribution < -0.4 is 5.73 Å². The van der Waals surface area contributed by atoms with E-state index in [9.17, 15) is 19.3 Å². The number of Topliss-reactive ketones (excluding diaryl/α,β-unsaturated/α-hetero) is 1. The molecule has 0 aliphatic rings. The van der Waals surface area contributed by atoms with Gasteiger partial charge in [0, 0.05) is 0 Å². The second-order valence-corrected chi connectivity index (χ2v) is 2.70. The van der Waals surface area contributed by atoms with Crippen LogP contribution in [0.15, 0.2) is 12.1 Å². The molecule has 0 saturated carbocycles. The fraction of sp³-hybridized carbons (Fsp3) is 0.125. The number of hydrogen-bond acceptors (Lipinski definition) is 4. The molecule has 6 heteroatoms. The molecule has 1 aromatic rings. The van der Waals surface area contributed by atoms with Crippen LogP contribution in [-0.4, -0.2) is 10.7 Å². The van der Waals surface area contributed by atoms with Gasteiger partial charge in [-0.25, -0.2) is 4.39 Å². The van der Waals surface area contributed by atoms with Crippen LogP contribution >= 0.6 is 0 Å². The quantitative estimate of drug-likeness (QED) is 0.338. The van der Waals surface area contributed by atoms with Crippen LogP contribution in [0.5, 0.6) is 0 Å². The molecule has 74 valence electrons. The van der Waals surface area contributed by atoms with Gasteiger partial charge in [0.15, 0.2) is 5.78 Å². The van der Waals surface area contributed by atoms with Gasteiger partial charge in [-0.15, -0.1) is 0 Å². The van der Waals surface area contributed by atoms with Gasteiger partial charge in [-0.1, -0.05) is 0 Å². The number of ketones is 1. The molecule has 0 spiro atoms. The maximum atomic E-state index is 12.8. The van der Waals surface area contributed by atoms with Crippen LogP contribution in [0.25, 0.3) is 0 Å². The molecule has 2 N–H and O–H groups in total. The maximum Gasteiger partial charge on any atom is 0.295 e. The van der Waals surface area contributed by atoms with Crippen molar-refractivity contribution in [2.75, 3.05) is 5.73 Å². The van der Waals surface area contributed by atoms with Crippen molar-refractivity contribution in [3.8, 4) is 0 Å². The zero-order chi connectivity index (χ0) is 10.9. The first-order valence-corrected chi connectivity index (χ1v) is 3.68. The number of nitrogen functional groups attached to an aromatic ring is 1. The highest BCUT2D eigenvalue weighted by Crippen LogP contribution is 2.26. The van der Waals surface area contributed by atoms with Gasteiger partial charge in [-0.05, 0) is 13.0 Å². The lowest BCUT2D eigenvalue weighted by atomic mass is 10.1. The third-order valence-corrected chi connectivity index (χ3v) is 1.70. The number of nitrogens with zero attached hydrogens (tertiary/aromatic N) is 1. The van der Waals surface area contributed by atoms with Gasteiger partial charge in [0.25, 0.3) is 5.69 Å². The van der Waals surface area contributed by atoms with Crippen molar-refractivity contribution in [2.24, 2.45) is 0 Å². The SMILES string of the molecule is CC(=O)c1cc(F)cc([N+](=O)[O-])c1N. The van der Waals surface area contributed by atoms with E-state index in [1.807, 2.05) is 0 Å². The summed E-state index contributed by atoms with van der Waals surface area (Å²) in [5, 5.41) is 10.4. The van der Waals surface area contributed by atoms with E-state index < -0.39 is 22.2 Å². The third kappa shape index (κ3) is 1.68. The number of hydrogen-bond donors (Lipinski definition) is 1. The zero-order valence-corrected chi connectivity index (χ0v) is 7.28. The average molecular weight is 198 g/mol. The summed E-state index contributed by atoms with van der Waals surface area (Å²) in [6, 6.07) is 1.56. The van der Waals surface area contributed by atoms with Crippen molar-refractivity contribution in [3.63, 3.8) is 0 Å². The highest BCUT2D eigenvalue weighted by atomic mass is 19.1. The Morgan fingerprint density at radius 2 is 2.14 bits per heavy atom. The first kappa shape index (κ1) is 10.1. The second kappa shape index (κ2) is 3.41. The predicted molar refractivity (Wildman–Crippen MR) is 47.5 cm³/mol. The molecule has 1 aromatic carbocycles.